The Bertz CT molecular complexity index is 1070. The molecule has 0 bridgehead atoms. The molecule has 173 valence electrons. The Labute approximate surface area is 206 Å². The summed E-state index contributed by atoms with van der Waals surface area (Å²) in [5.41, 5.74) is 2.61. The number of aliphatic hydroxyl groups is 1. The maximum atomic E-state index is 11.5. The average Bonchev–Trinajstić information content (AvgIpc) is 2.72. The molecule has 0 atom stereocenters. The molecule has 0 saturated carbocycles. The predicted molar refractivity (Wildman–Crippen MR) is 130 cm³/mol. The van der Waals surface area contributed by atoms with Gasteiger partial charge in [-0.1, -0.05) is 78.8 Å². The van der Waals surface area contributed by atoms with Gasteiger partial charge in [0.25, 0.3) is 0 Å². The van der Waals surface area contributed by atoms with Crippen LogP contribution in [0.15, 0.2) is 66.6 Å². The molecule has 4 heteroatoms. The Hall–Kier alpha value is -2.29. The van der Waals surface area contributed by atoms with Crippen LogP contribution in [0, 0.1) is 16.9 Å². The van der Waals surface area contributed by atoms with Gasteiger partial charge in [-0.3, -0.25) is 4.79 Å². The summed E-state index contributed by atoms with van der Waals surface area (Å²) in [7, 11) is 0. The smallest absolute Gasteiger partial charge is 0.164 e. The number of benzene rings is 2. The van der Waals surface area contributed by atoms with Crippen LogP contribution in [0.1, 0.15) is 54.0 Å². The number of carbonyl (C=O) groups is 1. The van der Waals surface area contributed by atoms with E-state index in [0.717, 1.165) is 17.7 Å². The number of aromatic nitrogens is 1. The summed E-state index contributed by atoms with van der Waals surface area (Å²) >= 11 is 0. The summed E-state index contributed by atoms with van der Waals surface area (Å²) in [5, 5.41) is 12.0. The molecule has 1 aromatic heterocycles. The second-order valence-electron chi connectivity index (χ2n) is 9.77. The Kier molecular flexibility index (Phi) is 10.0. The molecule has 0 spiro atoms. The molecule has 0 saturated heterocycles. The van der Waals surface area contributed by atoms with Crippen molar-refractivity contribution in [3.63, 3.8) is 0 Å². The Morgan fingerprint density at radius 2 is 1.62 bits per heavy atom. The third kappa shape index (κ3) is 8.00. The molecule has 1 heterocycles. The molecule has 0 fully saturated rings. The standard InChI is InChI=1S/C17H14N.C11H20O2.Ir/c1-2-13-6-5-9-15(10-13)17-11-14-7-3-4-8-16(14)12-18-17;1-10(2,3)8(12)7-9(13)11(4,5)6;/h3-8,10-12H,2H2,1H3;7,12H,1-6H3;/q-1;;/b;8-7-;. The van der Waals surface area contributed by atoms with Crippen LogP contribution in [0.3, 0.4) is 0 Å². The monoisotopic (exact) mass is 609 g/mol. The Balaban J connectivity index is 0.000000330. The van der Waals surface area contributed by atoms with Crippen LogP contribution in [0.4, 0.5) is 0 Å². The summed E-state index contributed by atoms with van der Waals surface area (Å²) in [5.74, 6) is 0.104. The minimum Gasteiger partial charge on any atom is -0.512 e. The van der Waals surface area contributed by atoms with Gasteiger partial charge in [0.1, 0.15) is 5.76 Å². The largest absolute Gasteiger partial charge is 0.512 e. The number of aliphatic hydroxyl groups excluding tert-OH is 1. The Morgan fingerprint density at radius 1 is 1.00 bits per heavy atom. The summed E-state index contributed by atoms with van der Waals surface area (Å²) in [6, 6.07) is 19.9. The van der Waals surface area contributed by atoms with Crippen LogP contribution in [0.5, 0.6) is 0 Å². The van der Waals surface area contributed by atoms with E-state index in [1.165, 1.54) is 22.4 Å². The number of hydrogen-bond donors (Lipinski definition) is 1. The molecular weight excluding hydrogens is 575 g/mol. The van der Waals surface area contributed by atoms with Crippen LogP contribution in [-0.4, -0.2) is 15.9 Å². The van der Waals surface area contributed by atoms with Gasteiger partial charge in [0.15, 0.2) is 5.78 Å². The topological polar surface area (TPSA) is 50.2 Å². The van der Waals surface area contributed by atoms with Crippen molar-refractivity contribution in [3.05, 3.63) is 78.2 Å². The van der Waals surface area contributed by atoms with E-state index >= 15 is 0 Å². The van der Waals surface area contributed by atoms with E-state index < -0.39 is 5.41 Å². The van der Waals surface area contributed by atoms with E-state index in [-0.39, 0.29) is 37.1 Å². The number of fused-ring (bicyclic) bond motifs is 1. The number of ketones is 1. The first-order valence-corrected chi connectivity index (χ1v) is 10.7. The van der Waals surface area contributed by atoms with Crippen LogP contribution in [0.2, 0.25) is 0 Å². The van der Waals surface area contributed by atoms with E-state index in [1.54, 1.807) is 0 Å². The number of hydrogen-bond acceptors (Lipinski definition) is 3. The van der Waals surface area contributed by atoms with Crippen molar-refractivity contribution in [2.45, 2.75) is 54.9 Å². The van der Waals surface area contributed by atoms with E-state index in [9.17, 15) is 9.90 Å². The fraction of sp³-hybridized carbons (Fsp3) is 0.357. The van der Waals surface area contributed by atoms with Gasteiger partial charge in [0, 0.05) is 43.2 Å². The van der Waals surface area contributed by atoms with Crippen molar-refractivity contribution in [2.24, 2.45) is 10.8 Å². The van der Waals surface area contributed by atoms with Gasteiger partial charge in [-0.2, -0.15) is 0 Å². The summed E-state index contributed by atoms with van der Waals surface area (Å²) in [6.07, 6.45) is 4.30. The normalized spacial score (nSPS) is 11.9. The van der Waals surface area contributed by atoms with Gasteiger partial charge < -0.3 is 10.1 Å². The maximum absolute atomic E-state index is 11.5. The van der Waals surface area contributed by atoms with Crippen LogP contribution in [-0.2, 0) is 31.3 Å². The minimum absolute atomic E-state index is 0. The summed E-state index contributed by atoms with van der Waals surface area (Å²) < 4.78 is 0. The predicted octanol–water partition coefficient (Wildman–Crippen LogP) is 7.35. The number of pyridine rings is 1. The van der Waals surface area contributed by atoms with Crippen LogP contribution < -0.4 is 0 Å². The van der Waals surface area contributed by atoms with Crippen molar-refractivity contribution in [1.29, 1.82) is 0 Å². The molecule has 0 aliphatic rings. The molecule has 1 N–H and O–H groups in total. The number of allylic oxidation sites excluding steroid dienone is 2. The SMILES string of the molecule is CC(C)(C)C(=O)/C=C(\O)C(C)(C)C.CCc1cc[c-]c(-c2cc3ccccc3cn2)c1.[Ir]. The molecule has 3 rings (SSSR count). The first-order chi connectivity index (χ1) is 14.4. The quantitative estimate of drug-likeness (QED) is 0.192. The third-order valence-electron chi connectivity index (χ3n) is 4.96. The van der Waals surface area contributed by atoms with E-state index in [4.69, 9.17) is 0 Å². The van der Waals surface area contributed by atoms with Crippen LogP contribution in [0.25, 0.3) is 22.0 Å². The molecule has 0 amide bonds. The minimum atomic E-state index is -0.417. The number of carbonyl (C=O) groups excluding carboxylic acids is 1. The van der Waals surface area contributed by atoms with E-state index in [0.29, 0.717) is 0 Å². The van der Waals surface area contributed by atoms with Crippen molar-refractivity contribution < 1.29 is 30.0 Å². The first-order valence-electron chi connectivity index (χ1n) is 10.7. The Morgan fingerprint density at radius 3 is 2.19 bits per heavy atom. The van der Waals surface area contributed by atoms with E-state index in [2.05, 4.69) is 54.4 Å². The molecule has 3 nitrogen and oxygen atoms in total. The number of aryl methyl sites for hydroxylation is 1. The molecule has 0 unspecified atom stereocenters. The van der Waals surface area contributed by atoms with Crippen molar-refractivity contribution in [2.75, 3.05) is 0 Å². The van der Waals surface area contributed by atoms with Crippen molar-refractivity contribution in [1.82, 2.24) is 4.98 Å². The molecular formula is C28H34IrNO2-. The molecule has 3 aromatic rings. The van der Waals surface area contributed by atoms with Gasteiger partial charge in [0.2, 0.25) is 0 Å². The zero-order valence-electron chi connectivity index (χ0n) is 20.1. The summed E-state index contributed by atoms with van der Waals surface area (Å²) in [6.45, 7) is 13.3. The van der Waals surface area contributed by atoms with Gasteiger partial charge in [0.05, 0.1) is 0 Å². The van der Waals surface area contributed by atoms with Crippen LogP contribution >= 0.6 is 0 Å². The second kappa shape index (κ2) is 11.5. The zero-order valence-corrected chi connectivity index (χ0v) is 22.5. The molecule has 0 aliphatic heterocycles. The van der Waals surface area contributed by atoms with Gasteiger partial charge in [-0.25, -0.2) is 0 Å². The fourth-order valence-electron chi connectivity index (χ4n) is 2.67. The maximum Gasteiger partial charge on any atom is 0.164 e. The molecule has 2 aromatic carbocycles. The zero-order chi connectivity index (χ0) is 23.2. The summed E-state index contributed by atoms with van der Waals surface area (Å²) in [4.78, 5) is 16.0. The molecule has 0 aliphatic carbocycles. The average molecular weight is 609 g/mol. The number of nitrogens with zero attached hydrogens (tertiary/aromatic N) is 1. The van der Waals surface area contributed by atoms with Crippen molar-refractivity contribution in [3.8, 4) is 11.3 Å². The van der Waals surface area contributed by atoms with Gasteiger partial charge >= 0.3 is 0 Å². The third-order valence-corrected chi connectivity index (χ3v) is 4.96. The second-order valence-corrected chi connectivity index (χ2v) is 9.77. The number of rotatable bonds is 3. The van der Waals surface area contributed by atoms with Gasteiger partial charge in [-0.15, -0.1) is 35.4 Å². The van der Waals surface area contributed by atoms with E-state index in [1.807, 2.05) is 59.9 Å². The molecule has 1 radical (unpaired) electrons. The molecule has 32 heavy (non-hydrogen) atoms. The first kappa shape index (κ1) is 27.7. The fourth-order valence-corrected chi connectivity index (χ4v) is 2.67. The van der Waals surface area contributed by atoms with Gasteiger partial charge in [-0.05, 0) is 22.9 Å². The van der Waals surface area contributed by atoms with Crippen molar-refractivity contribution >= 4 is 16.6 Å².